The lowest BCUT2D eigenvalue weighted by Gasteiger charge is -2.08. The fourth-order valence-electron chi connectivity index (χ4n) is 1.65. The van der Waals surface area contributed by atoms with Crippen LogP contribution in [0.15, 0.2) is 0 Å². The third kappa shape index (κ3) is 2.93. The van der Waals surface area contributed by atoms with E-state index in [2.05, 4.69) is 29.9 Å². The van der Waals surface area contributed by atoms with Crippen LogP contribution in [0, 0.1) is 11.3 Å². The Morgan fingerprint density at radius 3 is 2.25 bits per heavy atom. The summed E-state index contributed by atoms with van der Waals surface area (Å²) >= 11 is 0. The van der Waals surface area contributed by atoms with Gasteiger partial charge in [-0.1, -0.05) is 26.7 Å². The third-order valence-corrected chi connectivity index (χ3v) is 2.44. The van der Waals surface area contributed by atoms with Crippen molar-refractivity contribution in [3.8, 4) is 6.07 Å². The van der Waals surface area contributed by atoms with Gasteiger partial charge in [0.1, 0.15) is 6.07 Å². The zero-order valence-electron chi connectivity index (χ0n) is 9.95. The summed E-state index contributed by atoms with van der Waals surface area (Å²) in [6.45, 7) is 4.18. The number of hydrogen-bond acceptors (Lipinski definition) is 4. The van der Waals surface area contributed by atoms with Crippen LogP contribution in [-0.2, 0) is 12.8 Å². The number of aryl methyl sites for hydroxylation is 2. The summed E-state index contributed by atoms with van der Waals surface area (Å²) in [6.07, 6.45) is 4.66. The maximum atomic E-state index is 9.15. The molecule has 16 heavy (non-hydrogen) atoms. The van der Waals surface area contributed by atoms with Crippen LogP contribution in [0.1, 0.15) is 50.1 Å². The van der Waals surface area contributed by atoms with Gasteiger partial charge < -0.3 is 5.73 Å². The molecule has 0 amide bonds. The molecule has 0 atom stereocenters. The van der Waals surface area contributed by atoms with Crippen molar-refractivity contribution in [1.29, 1.82) is 5.26 Å². The van der Waals surface area contributed by atoms with Crippen LogP contribution in [0.3, 0.4) is 0 Å². The van der Waals surface area contributed by atoms with E-state index in [0.29, 0.717) is 5.56 Å². The van der Waals surface area contributed by atoms with E-state index in [4.69, 9.17) is 11.0 Å². The number of nitrogens with zero attached hydrogens (tertiary/aromatic N) is 3. The summed E-state index contributed by atoms with van der Waals surface area (Å²) in [5, 5.41) is 9.15. The molecule has 4 nitrogen and oxygen atoms in total. The van der Waals surface area contributed by atoms with Crippen LogP contribution >= 0.6 is 0 Å². The van der Waals surface area contributed by atoms with Crippen LogP contribution in [0.2, 0.25) is 0 Å². The lowest BCUT2D eigenvalue weighted by atomic mass is 10.1. The van der Waals surface area contributed by atoms with Gasteiger partial charge in [0.15, 0.2) is 0 Å². The summed E-state index contributed by atoms with van der Waals surface area (Å²) in [5.74, 6) is 0.286. The summed E-state index contributed by atoms with van der Waals surface area (Å²) in [7, 11) is 0. The van der Waals surface area contributed by atoms with E-state index < -0.39 is 0 Å². The van der Waals surface area contributed by atoms with Gasteiger partial charge in [0.05, 0.1) is 17.0 Å². The molecule has 0 aromatic carbocycles. The molecule has 1 aromatic rings. The Kier molecular flexibility index (Phi) is 4.71. The number of unbranched alkanes of at least 4 members (excludes halogenated alkanes) is 1. The Balaban J connectivity index is 3.10. The molecule has 0 radical (unpaired) electrons. The molecule has 0 aliphatic rings. The van der Waals surface area contributed by atoms with E-state index in [0.717, 1.165) is 43.5 Å². The molecule has 0 spiro atoms. The number of rotatable bonds is 5. The van der Waals surface area contributed by atoms with Crippen molar-refractivity contribution in [2.24, 2.45) is 0 Å². The summed E-state index contributed by atoms with van der Waals surface area (Å²) < 4.78 is 0. The predicted octanol–water partition coefficient (Wildman–Crippen LogP) is 2.23. The molecule has 0 bridgehead atoms. The van der Waals surface area contributed by atoms with Gasteiger partial charge in [-0.25, -0.2) is 9.97 Å². The van der Waals surface area contributed by atoms with Gasteiger partial charge in [-0.15, -0.1) is 0 Å². The van der Waals surface area contributed by atoms with E-state index in [1.54, 1.807) is 0 Å². The van der Waals surface area contributed by atoms with Gasteiger partial charge in [0.25, 0.3) is 0 Å². The van der Waals surface area contributed by atoms with Crippen molar-refractivity contribution >= 4 is 5.95 Å². The maximum absolute atomic E-state index is 9.15. The largest absolute Gasteiger partial charge is 0.368 e. The van der Waals surface area contributed by atoms with Gasteiger partial charge in [-0.2, -0.15) is 5.26 Å². The highest BCUT2D eigenvalue weighted by atomic mass is 15.0. The summed E-state index contributed by atoms with van der Waals surface area (Å²) in [4.78, 5) is 8.32. The molecule has 86 valence electrons. The highest BCUT2D eigenvalue weighted by Crippen LogP contribution is 2.15. The molecule has 1 rings (SSSR count). The van der Waals surface area contributed by atoms with E-state index in [1.807, 2.05) is 0 Å². The number of nitriles is 1. The monoisotopic (exact) mass is 218 g/mol. The minimum absolute atomic E-state index is 0.286. The lowest BCUT2D eigenvalue weighted by Crippen LogP contribution is -2.08. The quantitative estimate of drug-likeness (QED) is 0.822. The van der Waals surface area contributed by atoms with Gasteiger partial charge in [-0.3, -0.25) is 0 Å². The van der Waals surface area contributed by atoms with Crippen molar-refractivity contribution < 1.29 is 0 Å². The highest BCUT2D eigenvalue weighted by Gasteiger charge is 2.11. The van der Waals surface area contributed by atoms with E-state index in [9.17, 15) is 0 Å². The summed E-state index contributed by atoms with van der Waals surface area (Å²) in [6, 6.07) is 2.20. The molecule has 2 N–H and O–H groups in total. The molecule has 0 unspecified atom stereocenters. The Bertz CT molecular complexity index is 393. The minimum atomic E-state index is 0.286. The second-order valence-electron chi connectivity index (χ2n) is 3.82. The molecule has 0 saturated heterocycles. The number of hydrogen-bond donors (Lipinski definition) is 1. The molecule has 0 aliphatic carbocycles. The molecular formula is C12H18N4. The van der Waals surface area contributed by atoms with Crippen LogP contribution in [-0.4, -0.2) is 9.97 Å². The average molecular weight is 218 g/mol. The first-order valence-electron chi connectivity index (χ1n) is 5.78. The number of anilines is 1. The number of nitrogens with two attached hydrogens (primary N) is 1. The predicted molar refractivity (Wildman–Crippen MR) is 63.8 cm³/mol. The molecule has 4 heteroatoms. The van der Waals surface area contributed by atoms with Gasteiger partial charge in [0, 0.05) is 0 Å². The second-order valence-corrected chi connectivity index (χ2v) is 3.82. The van der Waals surface area contributed by atoms with Crippen molar-refractivity contribution in [2.75, 3.05) is 5.73 Å². The first-order chi connectivity index (χ1) is 7.72. The Morgan fingerprint density at radius 1 is 1.12 bits per heavy atom. The third-order valence-electron chi connectivity index (χ3n) is 2.44. The van der Waals surface area contributed by atoms with Crippen molar-refractivity contribution in [3.63, 3.8) is 0 Å². The molecule has 0 saturated carbocycles. The first kappa shape index (κ1) is 12.4. The van der Waals surface area contributed by atoms with E-state index >= 15 is 0 Å². The minimum Gasteiger partial charge on any atom is -0.368 e. The maximum Gasteiger partial charge on any atom is 0.220 e. The molecule has 0 fully saturated rings. The first-order valence-corrected chi connectivity index (χ1v) is 5.78. The van der Waals surface area contributed by atoms with Gasteiger partial charge in [0.2, 0.25) is 5.95 Å². The summed E-state index contributed by atoms with van der Waals surface area (Å²) in [5.41, 5.74) is 7.88. The van der Waals surface area contributed by atoms with Gasteiger partial charge >= 0.3 is 0 Å². The molecule has 1 aromatic heterocycles. The number of nitrogen functional groups attached to an aromatic ring is 1. The van der Waals surface area contributed by atoms with Crippen LogP contribution in [0.25, 0.3) is 0 Å². The lowest BCUT2D eigenvalue weighted by molar-refractivity contribution is 0.763. The fourth-order valence-corrected chi connectivity index (χ4v) is 1.65. The molecular weight excluding hydrogens is 200 g/mol. The average Bonchev–Trinajstić information content (AvgIpc) is 2.26. The Labute approximate surface area is 96.5 Å². The number of aromatic nitrogens is 2. The SMILES string of the molecule is CCCCc1nc(N)nc(CCC)c1C#N. The van der Waals surface area contributed by atoms with Crippen LogP contribution in [0.5, 0.6) is 0 Å². The highest BCUT2D eigenvalue weighted by molar-refractivity contribution is 5.41. The van der Waals surface area contributed by atoms with Gasteiger partial charge in [-0.05, 0) is 19.3 Å². The molecule has 1 heterocycles. The fraction of sp³-hybridized carbons (Fsp3) is 0.583. The topological polar surface area (TPSA) is 75.6 Å². The zero-order valence-corrected chi connectivity index (χ0v) is 9.95. The second kappa shape index (κ2) is 6.06. The van der Waals surface area contributed by atoms with Crippen LogP contribution < -0.4 is 5.73 Å². The normalized spacial score (nSPS) is 10.1. The smallest absolute Gasteiger partial charge is 0.220 e. The van der Waals surface area contributed by atoms with E-state index in [1.165, 1.54) is 0 Å². The van der Waals surface area contributed by atoms with Crippen LogP contribution in [0.4, 0.5) is 5.95 Å². The zero-order chi connectivity index (χ0) is 12.0. The molecule has 0 aliphatic heterocycles. The van der Waals surface area contributed by atoms with Crippen molar-refractivity contribution in [1.82, 2.24) is 9.97 Å². The van der Waals surface area contributed by atoms with Crippen molar-refractivity contribution in [3.05, 3.63) is 17.0 Å². The Hall–Kier alpha value is -1.63. The standard InChI is InChI=1S/C12H18N4/c1-3-5-7-11-9(8-13)10(6-4-2)15-12(14)16-11/h3-7H2,1-2H3,(H2,14,15,16). The van der Waals surface area contributed by atoms with Crippen molar-refractivity contribution in [2.45, 2.75) is 46.0 Å². The van der Waals surface area contributed by atoms with E-state index in [-0.39, 0.29) is 5.95 Å². The Morgan fingerprint density at radius 2 is 1.75 bits per heavy atom.